The second kappa shape index (κ2) is 9.48. The van der Waals surface area contributed by atoms with Gasteiger partial charge >= 0.3 is 5.97 Å². The summed E-state index contributed by atoms with van der Waals surface area (Å²) in [7, 11) is 1.41. The summed E-state index contributed by atoms with van der Waals surface area (Å²) in [5, 5.41) is 11.4. The van der Waals surface area contributed by atoms with E-state index in [2.05, 4.69) is 5.32 Å². The van der Waals surface area contributed by atoms with E-state index in [4.69, 9.17) is 20.5 Å². The molecule has 0 saturated heterocycles. The molecule has 1 unspecified atom stereocenters. The first kappa shape index (κ1) is 20.2. The maximum Gasteiger partial charge on any atom is 0.306 e. The molecule has 7 nitrogen and oxygen atoms in total. The monoisotopic (exact) mass is 377 g/mol. The molecule has 1 atom stereocenters. The summed E-state index contributed by atoms with van der Waals surface area (Å²) in [6, 6.07) is 5.41. The van der Waals surface area contributed by atoms with Crippen LogP contribution in [0.15, 0.2) is 29.2 Å². The Labute approximate surface area is 145 Å². The third kappa shape index (κ3) is 7.65. The number of carbonyl (C=O) groups is 2. The van der Waals surface area contributed by atoms with E-state index in [1.54, 1.807) is 6.92 Å². The number of halogens is 1. The number of carbonyl (C=O) groups excluding carboxylic acids is 1. The number of rotatable bonds is 10. The molecular formula is C15H20ClNO6S. The van der Waals surface area contributed by atoms with Gasteiger partial charge in [0.15, 0.2) is 6.61 Å². The SMILES string of the molecule is CC(CCCCNC(=O)COc1ccc(S(=O)(=O)Cl)cc1)C(=O)O. The normalized spacial score (nSPS) is 12.4. The van der Waals surface area contributed by atoms with Gasteiger partial charge in [0.05, 0.1) is 10.8 Å². The molecule has 1 amide bonds. The minimum Gasteiger partial charge on any atom is -0.484 e. The number of amides is 1. The van der Waals surface area contributed by atoms with Crippen molar-refractivity contribution in [2.75, 3.05) is 13.2 Å². The highest BCUT2D eigenvalue weighted by Gasteiger charge is 2.11. The highest BCUT2D eigenvalue weighted by Crippen LogP contribution is 2.18. The molecule has 24 heavy (non-hydrogen) atoms. The second-order valence-corrected chi connectivity index (χ2v) is 7.85. The van der Waals surface area contributed by atoms with Crippen molar-refractivity contribution in [1.82, 2.24) is 5.32 Å². The van der Waals surface area contributed by atoms with Crippen LogP contribution in [-0.2, 0) is 18.6 Å². The molecule has 0 bridgehead atoms. The van der Waals surface area contributed by atoms with E-state index in [1.165, 1.54) is 24.3 Å². The number of nitrogens with one attached hydrogen (secondary N) is 1. The Hall–Kier alpha value is -1.80. The average molecular weight is 378 g/mol. The van der Waals surface area contributed by atoms with Gasteiger partial charge < -0.3 is 15.2 Å². The van der Waals surface area contributed by atoms with E-state index in [9.17, 15) is 18.0 Å². The van der Waals surface area contributed by atoms with Crippen LogP contribution in [0.3, 0.4) is 0 Å². The first-order valence-electron chi connectivity index (χ1n) is 7.37. The molecule has 1 aromatic rings. The number of carboxylic acids is 1. The summed E-state index contributed by atoms with van der Waals surface area (Å²) in [5.41, 5.74) is 0. The van der Waals surface area contributed by atoms with Crippen LogP contribution in [-0.4, -0.2) is 38.6 Å². The lowest BCUT2D eigenvalue weighted by Crippen LogP contribution is -2.29. The van der Waals surface area contributed by atoms with Crippen LogP contribution in [0.1, 0.15) is 26.2 Å². The van der Waals surface area contributed by atoms with Crippen LogP contribution in [0, 0.1) is 5.92 Å². The van der Waals surface area contributed by atoms with Gasteiger partial charge in [-0.3, -0.25) is 9.59 Å². The van der Waals surface area contributed by atoms with Crippen molar-refractivity contribution in [3.8, 4) is 5.75 Å². The average Bonchev–Trinajstić information content (AvgIpc) is 2.51. The molecule has 0 spiro atoms. The molecule has 1 rings (SSSR count). The van der Waals surface area contributed by atoms with Crippen molar-refractivity contribution in [1.29, 1.82) is 0 Å². The summed E-state index contributed by atoms with van der Waals surface area (Å²) in [6.45, 7) is 1.89. The van der Waals surface area contributed by atoms with E-state index < -0.39 is 15.0 Å². The smallest absolute Gasteiger partial charge is 0.306 e. The van der Waals surface area contributed by atoms with Crippen LogP contribution in [0.4, 0.5) is 0 Å². The molecule has 0 aliphatic carbocycles. The number of benzene rings is 1. The van der Waals surface area contributed by atoms with Crippen molar-refractivity contribution in [3.05, 3.63) is 24.3 Å². The van der Waals surface area contributed by atoms with Gasteiger partial charge in [-0.1, -0.05) is 13.3 Å². The largest absolute Gasteiger partial charge is 0.484 e. The van der Waals surface area contributed by atoms with Crippen molar-refractivity contribution >= 4 is 31.6 Å². The van der Waals surface area contributed by atoms with Gasteiger partial charge in [0.2, 0.25) is 0 Å². The standard InChI is InChI=1S/C15H20ClNO6S/c1-11(15(19)20)4-2-3-9-17-14(18)10-23-12-5-7-13(8-6-12)24(16,21)22/h5-8,11H,2-4,9-10H2,1H3,(H,17,18)(H,19,20). The van der Waals surface area contributed by atoms with Crippen LogP contribution in [0.5, 0.6) is 5.75 Å². The lowest BCUT2D eigenvalue weighted by atomic mass is 10.0. The molecule has 0 fully saturated rings. The molecule has 0 saturated carbocycles. The van der Waals surface area contributed by atoms with Crippen LogP contribution in [0.25, 0.3) is 0 Å². The lowest BCUT2D eigenvalue weighted by molar-refractivity contribution is -0.141. The summed E-state index contributed by atoms with van der Waals surface area (Å²) in [6.07, 6.45) is 1.96. The van der Waals surface area contributed by atoms with Gasteiger partial charge in [-0.05, 0) is 37.1 Å². The van der Waals surface area contributed by atoms with Gasteiger partial charge in [0.25, 0.3) is 15.0 Å². The molecule has 0 aliphatic rings. The van der Waals surface area contributed by atoms with Gasteiger partial charge in [-0.2, -0.15) is 0 Å². The maximum absolute atomic E-state index is 11.6. The number of unbranched alkanes of at least 4 members (excludes halogenated alkanes) is 1. The fourth-order valence-corrected chi connectivity index (χ4v) is 2.59. The fraction of sp³-hybridized carbons (Fsp3) is 0.467. The molecule has 0 radical (unpaired) electrons. The maximum atomic E-state index is 11.6. The number of aliphatic carboxylic acids is 1. The van der Waals surface area contributed by atoms with Crippen molar-refractivity contribution in [3.63, 3.8) is 0 Å². The van der Waals surface area contributed by atoms with Gasteiger partial charge in [-0.25, -0.2) is 8.42 Å². The molecule has 2 N–H and O–H groups in total. The minimum atomic E-state index is -3.78. The summed E-state index contributed by atoms with van der Waals surface area (Å²) in [5.74, 6) is -1.16. The zero-order valence-electron chi connectivity index (χ0n) is 13.2. The molecular weight excluding hydrogens is 358 g/mol. The number of carboxylic acid groups (broad SMARTS) is 1. The van der Waals surface area contributed by atoms with Gasteiger partial charge in [0.1, 0.15) is 5.75 Å². The predicted octanol–water partition coefficient (Wildman–Crippen LogP) is 2.00. The van der Waals surface area contributed by atoms with E-state index >= 15 is 0 Å². The molecule has 0 aromatic heterocycles. The Kier molecular flexibility index (Phi) is 8.00. The summed E-state index contributed by atoms with van der Waals surface area (Å²) in [4.78, 5) is 22.2. The van der Waals surface area contributed by atoms with Gasteiger partial charge in [-0.15, -0.1) is 0 Å². The number of ether oxygens (including phenoxy) is 1. The number of hydrogen-bond acceptors (Lipinski definition) is 5. The Balaban J connectivity index is 2.23. The predicted molar refractivity (Wildman–Crippen MR) is 88.6 cm³/mol. The van der Waals surface area contributed by atoms with Crippen LogP contribution >= 0.6 is 10.7 Å². The van der Waals surface area contributed by atoms with E-state index in [0.29, 0.717) is 31.6 Å². The zero-order valence-corrected chi connectivity index (χ0v) is 14.8. The van der Waals surface area contributed by atoms with Crippen molar-refractivity contribution < 1.29 is 27.9 Å². The molecule has 134 valence electrons. The van der Waals surface area contributed by atoms with E-state index in [0.717, 1.165) is 0 Å². The van der Waals surface area contributed by atoms with Crippen LogP contribution < -0.4 is 10.1 Å². The Morgan fingerprint density at radius 2 is 1.88 bits per heavy atom. The van der Waals surface area contributed by atoms with Crippen LogP contribution in [0.2, 0.25) is 0 Å². The first-order valence-corrected chi connectivity index (χ1v) is 9.68. The van der Waals surface area contributed by atoms with Crippen molar-refractivity contribution in [2.45, 2.75) is 31.1 Å². The van der Waals surface area contributed by atoms with E-state index in [1.807, 2.05) is 0 Å². The highest BCUT2D eigenvalue weighted by atomic mass is 35.7. The summed E-state index contributed by atoms with van der Waals surface area (Å²) >= 11 is 0. The molecule has 1 aromatic carbocycles. The minimum absolute atomic E-state index is 0.0449. The van der Waals surface area contributed by atoms with E-state index in [-0.39, 0.29) is 23.3 Å². The first-order chi connectivity index (χ1) is 11.2. The third-order valence-electron chi connectivity index (χ3n) is 3.28. The second-order valence-electron chi connectivity index (χ2n) is 5.28. The zero-order chi connectivity index (χ0) is 18.2. The number of hydrogen-bond donors (Lipinski definition) is 2. The lowest BCUT2D eigenvalue weighted by Gasteiger charge is -2.08. The fourth-order valence-electron chi connectivity index (χ4n) is 1.83. The van der Waals surface area contributed by atoms with Gasteiger partial charge in [0, 0.05) is 17.2 Å². The molecule has 0 heterocycles. The Morgan fingerprint density at radius 1 is 1.25 bits per heavy atom. The summed E-state index contributed by atoms with van der Waals surface area (Å²) < 4.78 is 27.4. The third-order valence-corrected chi connectivity index (χ3v) is 4.65. The molecule has 0 aliphatic heterocycles. The van der Waals surface area contributed by atoms with Crippen molar-refractivity contribution in [2.24, 2.45) is 5.92 Å². The highest BCUT2D eigenvalue weighted by molar-refractivity contribution is 8.13. The topological polar surface area (TPSA) is 110 Å². The Bertz CT molecular complexity index is 659. The Morgan fingerprint density at radius 3 is 2.42 bits per heavy atom. The molecule has 9 heteroatoms. The quantitative estimate of drug-likeness (QED) is 0.476.